The Kier molecular flexibility index (Phi) is 4.73. The van der Waals surface area contributed by atoms with Crippen LogP contribution in [0, 0.1) is 11.3 Å². The van der Waals surface area contributed by atoms with Crippen LogP contribution in [0.15, 0.2) is 18.6 Å². The Balaban J connectivity index is 1.81. The minimum Gasteiger partial charge on any atom is -0.337 e. The van der Waals surface area contributed by atoms with E-state index in [2.05, 4.69) is 30.7 Å². The van der Waals surface area contributed by atoms with Crippen LogP contribution >= 0.6 is 0 Å². The molecule has 1 aromatic heterocycles. The molecule has 1 fully saturated rings. The molecule has 0 radical (unpaired) electrons. The van der Waals surface area contributed by atoms with E-state index < -0.39 is 0 Å². The summed E-state index contributed by atoms with van der Waals surface area (Å²) in [7, 11) is 0. The third kappa shape index (κ3) is 4.29. The summed E-state index contributed by atoms with van der Waals surface area (Å²) in [4.78, 5) is 22.2. The lowest BCUT2D eigenvalue weighted by molar-refractivity contribution is 0.0674. The molecular weight excluding hydrogens is 250 g/mol. The number of hydrogen-bond donors (Lipinski definition) is 0. The molecule has 1 aliphatic heterocycles. The summed E-state index contributed by atoms with van der Waals surface area (Å²) in [6.07, 6.45) is 9.48. The first-order chi connectivity index (χ1) is 9.46. The van der Waals surface area contributed by atoms with Gasteiger partial charge in [-0.2, -0.15) is 0 Å². The Hall–Kier alpha value is -1.45. The molecule has 1 aliphatic rings. The number of carbonyl (C=O) groups excluding carboxylic acids is 1. The molecule has 0 spiro atoms. The van der Waals surface area contributed by atoms with E-state index in [1.54, 1.807) is 18.6 Å². The largest absolute Gasteiger partial charge is 0.337 e. The van der Waals surface area contributed by atoms with E-state index in [0.717, 1.165) is 31.8 Å². The predicted molar refractivity (Wildman–Crippen MR) is 79.3 cm³/mol. The smallest absolute Gasteiger partial charge is 0.274 e. The molecule has 0 unspecified atom stereocenters. The van der Waals surface area contributed by atoms with Gasteiger partial charge in [-0.1, -0.05) is 20.8 Å². The monoisotopic (exact) mass is 275 g/mol. The van der Waals surface area contributed by atoms with Crippen molar-refractivity contribution in [3.8, 4) is 0 Å². The Bertz CT molecular complexity index is 431. The van der Waals surface area contributed by atoms with E-state index in [4.69, 9.17) is 0 Å². The lowest BCUT2D eigenvalue weighted by Crippen LogP contribution is -2.39. The van der Waals surface area contributed by atoms with Crippen LogP contribution in [-0.2, 0) is 0 Å². The first-order valence-electron chi connectivity index (χ1n) is 7.51. The average Bonchev–Trinajstić information content (AvgIpc) is 2.45. The molecule has 4 heteroatoms. The standard InChI is InChI=1S/C16H25N3O/c1-16(2,3)7-4-13-5-10-19(11-6-13)15(20)14-12-17-8-9-18-14/h8-9,12-13H,4-7,10-11H2,1-3H3. The third-order valence-corrected chi connectivity index (χ3v) is 3.99. The van der Waals surface area contributed by atoms with Crippen molar-refractivity contribution in [2.75, 3.05) is 13.1 Å². The normalized spacial score (nSPS) is 17.2. The number of rotatable bonds is 3. The Labute approximate surface area is 121 Å². The summed E-state index contributed by atoms with van der Waals surface area (Å²) in [5.41, 5.74) is 0.868. The Morgan fingerprint density at radius 2 is 2.00 bits per heavy atom. The Morgan fingerprint density at radius 3 is 2.55 bits per heavy atom. The van der Waals surface area contributed by atoms with Gasteiger partial charge in [-0.05, 0) is 37.0 Å². The van der Waals surface area contributed by atoms with Crippen LogP contribution in [-0.4, -0.2) is 33.9 Å². The molecule has 20 heavy (non-hydrogen) atoms. The number of aromatic nitrogens is 2. The van der Waals surface area contributed by atoms with Crippen LogP contribution in [0.3, 0.4) is 0 Å². The highest BCUT2D eigenvalue weighted by molar-refractivity contribution is 5.91. The van der Waals surface area contributed by atoms with Gasteiger partial charge in [0.1, 0.15) is 5.69 Å². The third-order valence-electron chi connectivity index (χ3n) is 3.99. The predicted octanol–water partition coefficient (Wildman–Crippen LogP) is 3.16. The van der Waals surface area contributed by atoms with E-state index in [0.29, 0.717) is 11.1 Å². The van der Waals surface area contributed by atoms with Crippen LogP contribution < -0.4 is 0 Å². The fourth-order valence-corrected chi connectivity index (χ4v) is 2.63. The van der Waals surface area contributed by atoms with Gasteiger partial charge in [-0.15, -0.1) is 0 Å². The van der Waals surface area contributed by atoms with Gasteiger partial charge in [-0.3, -0.25) is 9.78 Å². The van der Waals surface area contributed by atoms with E-state index in [1.807, 2.05) is 4.90 Å². The van der Waals surface area contributed by atoms with Crippen molar-refractivity contribution >= 4 is 5.91 Å². The summed E-state index contributed by atoms with van der Waals surface area (Å²) in [5.74, 6) is 0.785. The number of piperidine rings is 1. The SMILES string of the molecule is CC(C)(C)CCC1CCN(C(=O)c2cnccn2)CC1. The topological polar surface area (TPSA) is 46.1 Å². The lowest BCUT2D eigenvalue weighted by atomic mass is 9.83. The molecular formula is C16H25N3O. The van der Waals surface area contributed by atoms with Gasteiger partial charge in [0.2, 0.25) is 0 Å². The average molecular weight is 275 g/mol. The first-order valence-corrected chi connectivity index (χ1v) is 7.51. The molecule has 0 aliphatic carbocycles. The minimum absolute atomic E-state index is 0.0207. The minimum atomic E-state index is 0.0207. The van der Waals surface area contributed by atoms with Gasteiger partial charge in [-0.25, -0.2) is 4.98 Å². The maximum absolute atomic E-state index is 12.2. The molecule has 0 atom stereocenters. The van der Waals surface area contributed by atoms with Crippen molar-refractivity contribution in [1.82, 2.24) is 14.9 Å². The second-order valence-corrected chi connectivity index (χ2v) is 6.93. The van der Waals surface area contributed by atoms with Gasteiger partial charge in [0, 0.05) is 25.5 Å². The van der Waals surface area contributed by atoms with Crippen molar-refractivity contribution < 1.29 is 4.79 Å². The van der Waals surface area contributed by atoms with Gasteiger partial charge >= 0.3 is 0 Å². The molecule has 0 saturated carbocycles. The van der Waals surface area contributed by atoms with Crippen molar-refractivity contribution in [1.29, 1.82) is 0 Å². The van der Waals surface area contributed by atoms with E-state index >= 15 is 0 Å². The highest BCUT2D eigenvalue weighted by atomic mass is 16.2. The number of nitrogens with zero attached hydrogens (tertiary/aromatic N) is 3. The fourth-order valence-electron chi connectivity index (χ4n) is 2.63. The first kappa shape index (κ1) is 14.9. The molecule has 0 N–H and O–H groups in total. The second kappa shape index (κ2) is 6.33. The van der Waals surface area contributed by atoms with Crippen molar-refractivity contribution in [2.24, 2.45) is 11.3 Å². The van der Waals surface area contributed by atoms with Crippen LogP contribution in [0.25, 0.3) is 0 Å². The molecule has 1 saturated heterocycles. The lowest BCUT2D eigenvalue weighted by Gasteiger charge is -2.33. The van der Waals surface area contributed by atoms with E-state index in [9.17, 15) is 4.79 Å². The highest BCUT2D eigenvalue weighted by Crippen LogP contribution is 2.29. The summed E-state index contributed by atoms with van der Waals surface area (Å²) >= 11 is 0. The fraction of sp³-hybridized carbons (Fsp3) is 0.688. The number of amides is 1. The van der Waals surface area contributed by atoms with Crippen molar-refractivity contribution in [3.05, 3.63) is 24.3 Å². The number of carbonyl (C=O) groups is 1. The Morgan fingerprint density at radius 1 is 1.30 bits per heavy atom. The van der Waals surface area contributed by atoms with Crippen LogP contribution in [0.4, 0.5) is 0 Å². The molecule has 0 aromatic carbocycles. The van der Waals surface area contributed by atoms with E-state index in [1.165, 1.54) is 12.8 Å². The number of hydrogen-bond acceptors (Lipinski definition) is 3. The van der Waals surface area contributed by atoms with Gasteiger partial charge in [0.05, 0.1) is 6.20 Å². The molecule has 4 nitrogen and oxygen atoms in total. The second-order valence-electron chi connectivity index (χ2n) is 6.93. The highest BCUT2D eigenvalue weighted by Gasteiger charge is 2.25. The van der Waals surface area contributed by atoms with E-state index in [-0.39, 0.29) is 5.91 Å². The van der Waals surface area contributed by atoms with Gasteiger partial charge in [0.15, 0.2) is 0 Å². The maximum Gasteiger partial charge on any atom is 0.274 e. The molecule has 1 aromatic rings. The van der Waals surface area contributed by atoms with Crippen molar-refractivity contribution in [2.45, 2.75) is 46.5 Å². The maximum atomic E-state index is 12.2. The molecule has 1 amide bonds. The van der Waals surface area contributed by atoms with Gasteiger partial charge < -0.3 is 4.90 Å². The molecule has 2 heterocycles. The summed E-state index contributed by atoms with van der Waals surface area (Å²) in [6.45, 7) is 8.58. The quantitative estimate of drug-likeness (QED) is 0.851. The van der Waals surface area contributed by atoms with Crippen LogP contribution in [0.5, 0.6) is 0 Å². The molecule has 110 valence electrons. The van der Waals surface area contributed by atoms with Gasteiger partial charge in [0.25, 0.3) is 5.91 Å². The summed E-state index contributed by atoms with van der Waals surface area (Å²) < 4.78 is 0. The number of likely N-dealkylation sites (tertiary alicyclic amines) is 1. The van der Waals surface area contributed by atoms with Crippen LogP contribution in [0.1, 0.15) is 56.9 Å². The zero-order chi connectivity index (χ0) is 14.6. The molecule has 2 rings (SSSR count). The summed E-state index contributed by atoms with van der Waals surface area (Å²) in [6, 6.07) is 0. The molecule has 0 bridgehead atoms. The van der Waals surface area contributed by atoms with Crippen LogP contribution in [0.2, 0.25) is 0 Å². The summed E-state index contributed by atoms with van der Waals surface area (Å²) in [5, 5.41) is 0. The zero-order valence-corrected chi connectivity index (χ0v) is 12.8. The zero-order valence-electron chi connectivity index (χ0n) is 12.8. The van der Waals surface area contributed by atoms with Crippen molar-refractivity contribution in [3.63, 3.8) is 0 Å².